The average Bonchev–Trinajstić information content (AvgIpc) is 3.24. The van der Waals surface area contributed by atoms with Crippen LogP contribution in [-0.2, 0) is 30.9 Å². The molecule has 1 aromatic heterocycles. The maximum atomic E-state index is 9.16. The molecule has 3 heterocycles. The number of ether oxygens (including phenoxy) is 2. The van der Waals surface area contributed by atoms with Crippen molar-refractivity contribution in [2.75, 3.05) is 46.1 Å². The van der Waals surface area contributed by atoms with Gasteiger partial charge >= 0.3 is 0 Å². The minimum atomic E-state index is 0.123. The molecule has 1 N–H and O–H groups in total. The molecule has 2 aromatic rings. The second kappa shape index (κ2) is 8.84. The van der Waals surface area contributed by atoms with E-state index in [4.69, 9.17) is 14.6 Å². The second-order valence-corrected chi connectivity index (χ2v) is 7.16. The number of nitrogens with zero attached hydrogens (tertiary/aromatic N) is 4. The van der Waals surface area contributed by atoms with Crippen LogP contribution in [0.15, 0.2) is 30.5 Å². The van der Waals surface area contributed by atoms with Crippen LogP contribution in [0.2, 0.25) is 0 Å². The number of aliphatic hydroxyl groups excluding tert-OH is 1. The van der Waals surface area contributed by atoms with Gasteiger partial charge in [0.05, 0.1) is 38.3 Å². The Hall–Kier alpha value is -1.93. The number of rotatable bonds is 8. The molecule has 0 amide bonds. The summed E-state index contributed by atoms with van der Waals surface area (Å²) >= 11 is 0. The summed E-state index contributed by atoms with van der Waals surface area (Å²) in [7, 11) is 0. The summed E-state index contributed by atoms with van der Waals surface area (Å²) in [6.07, 6.45) is 1.93. The van der Waals surface area contributed by atoms with Crippen LogP contribution in [-0.4, -0.2) is 70.7 Å². The molecule has 0 bridgehead atoms. The lowest BCUT2D eigenvalue weighted by Gasteiger charge is -2.26. The van der Waals surface area contributed by atoms with Crippen molar-refractivity contribution in [3.63, 3.8) is 0 Å². The Balaban J connectivity index is 1.28. The third kappa shape index (κ3) is 4.68. The summed E-state index contributed by atoms with van der Waals surface area (Å²) < 4.78 is 13.3. The Bertz CT molecular complexity index is 743. The van der Waals surface area contributed by atoms with Gasteiger partial charge in [-0.25, -0.2) is 0 Å². The van der Waals surface area contributed by atoms with Crippen molar-refractivity contribution in [3.05, 3.63) is 47.3 Å². The fourth-order valence-corrected chi connectivity index (χ4v) is 3.78. The molecule has 1 fully saturated rings. The highest BCUT2D eigenvalue weighted by Crippen LogP contribution is 2.25. The smallest absolute Gasteiger partial charge is 0.119 e. The summed E-state index contributed by atoms with van der Waals surface area (Å²) in [6, 6.07) is 8.39. The topological polar surface area (TPSA) is 63.0 Å². The van der Waals surface area contributed by atoms with Gasteiger partial charge in [-0.2, -0.15) is 5.10 Å². The van der Waals surface area contributed by atoms with Crippen LogP contribution < -0.4 is 4.74 Å². The average molecular weight is 372 g/mol. The van der Waals surface area contributed by atoms with E-state index < -0.39 is 0 Å². The maximum absolute atomic E-state index is 9.16. The van der Waals surface area contributed by atoms with Crippen molar-refractivity contribution in [2.45, 2.75) is 26.2 Å². The van der Waals surface area contributed by atoms with Gasteiger partial charge in [-0.15, -0.1) is 0 Å². The molecule has 1 aromatic carbocycles. The van der Waals surface area contributed by atoms with E-state index in [-0.39, 0.29) is 6.61 Å². The molecule has 146 valence electrons. The zero-order chi connectivity index (χ0) is 18.5. The molecular weight excluding hydrogens is 344 g/mol. The Labute approximate surface area is 160 Å². The molecule has 7 heteroatoms. The van der Waals surface area contributed by atoms with E-state index in [2.05, 4.69) is 33.1 Å². The lowest BCUT2D eigenvalue weighted by molar-refractivity contribution is 0.0322. The number of morpholine rings is 1. The Kier molecular flexibility index (Phi) is 6.03. The highest BCUT2D eigenvalue weighted by atomic mass is 16.5. The summed E-state index contributed by atoms with van der Waals surface area (Å²) in [5, 5.41) is 13.5. The normalized spacial score (nSPS) is 18.0. The quantitative estimate of drug-likeness (QED) is 0.749. The number of hydrogen-bond acceptors (Lipinski definition) is 6. The molecule has 0 radical (unpaired) electrons. The molecule has 0 atom stereocenters. The fraction of sp³-hybridized carbons (Fsp3) is 0.550. The predicted octanol–water partition coefficient (Wildman–Crippen LogP) is 1.10. The van der Waals surface area contributed by atoms with Crippen LogP contribution >= 0.6 is 0 Å². The van der Waals surface area contributed by atoms with Crippen molar-refractivity contribution < 1.29 is 14.6 Å². The molecule has 1 saturated heterocycles. The molecule has 2 aliphatic heterocycles. The van der Waals surface area contributed by atoms with Gasteiger partial charge in [-0.05, 0) is 17.7 Å². The van der Waals surface area contributed by atoms with Gasteiger partial charge in [0.15, 0.2) is 0 Å². The van der Waals surface area contributed by atoms with Crippen molar-refractivity contribution >= 4 is 0 Å². The highest BCUT2D eigenvalue weighted by molar-refractivity contribution is 5.29. The van der Waals surface area contributed by atoms with Gasteiger partial charge in [0.2, 0.25) is 0 Å². The number of hydrogen-bond donors (Lipinski definition) is 1. The number of benzene rings is 1. The van der Waals surface area contributed by atoms with Gasteiger partial charge in [-0.3, -0.25) is 14.5 Å². The SMILES string of the molecule is OCCn1ncc2c1CN(Cc1cccc(OCCN3CCOCC3)c1)C2. The Morgan fingerprint density at radius 2 is 2.00 bits per heavy atom. The molecule has 2 aliphatic rings. The van der Waals surface area contributed by atoms with E-state index in [0.717, 1.165) is 58.2 Å². The second-order valence-electron chi connectivity index (χ2n) is 7.16. The minimum absolute atomic E-state index is 0.123. The largest absolute Gasteiger partial charge is 0.492 e. The molecular formula is C20H28N4O3. The van der Waals surface area contributed by atoms with Gasteiger partial charge < -0.3 is 14.6 Å². The third-order valence-corrected chi connectivity index (χ3v) is 5.20. The highest BCUT2D eigenvalue weighted by Gasteiger charge is 2.23. The van der Waals surface area contributed by atoms with E-state index in [1.54, 1.807) is 0 Å². The lowest BCUT2D eigenvalue weighted by atomic mass is 10.2. The molecule has 0 unspecified atom stereocenters. The third-order valence-electron chi connectivity index (χ3n) is 5.20. The Morgan fingerprint density at radius 1 is 1.11 bits per heavy atom. The summed E-state index contributed by atoms with van der Waals surface area (Å²) in [5.74, 6) is 0.934. The van der Waals surface area contributed by atoms with Crippen LogP contribution in [0, 0.1) is 0 Å². The van der Waals surface area contributed by atoms with Crippen molar-refractivity contribution in [2.24, 2.45) is 0 Å². The van der Waals surface area contributed by atoms with Crippen molar-refractivity contribution in [1.29, 1.82) is 0 Å². The summed E-state index contributed by atoms with van der Waals surface area (Å²) in [4.78, 5) is 4.78. The zero-order valence-corrected chi connectivity index (χ0v) is 15.7. The van der Waals surface area contributed by atoms with Crippen LogP contribution in [0.3, 0.4) is 0 Å². The molecule has 27 heavy (non-hydrogen) atoms. The van der Waals surface area contributed by atoms with E-state index >= 15 is 0 Å². The van der Waals surface area contributed by atoms with Crippen LogP contribution in [0.25, 0.3) is 0 Å². The fourth-order valence-electron chi connectivity index (χ4n) is 3.78. The number of fused-ring (bicyclic) bond motifs is 1. The first-order valence-corrected chi connectivity index (χ1v) is 9.70. The van der Waals surface area contributed by atoms with E-state index in [9.17, 15) is 0 Å². The first-order chi connectivity index (χ1) is 13.3. The van der Waals surface area contributed by atoms with E-state index in [1.165, 1.54) is 16.8 Å². The van der Waals surface area contributed by atoms with Crippen molar-refractivity contribution in [3.8, 4) is 5.75 Å². The molecule has 0 saturated carbocycles. The van der Waals surface area contributed by atoms with Crippen LogP contribution in [0.1, 0.15) is 16.8 Å². The summed E-state index contributed by atoms with van der Waals surface area (Å²) in [6.45, 7) is 8.63. The number of aliphatic hydroxyl groups is 1. The Morgan fingerprint density at radius 3 is 2.85 bits per heavy atom. The molecule has 7 nitrogen and oxygen atoms in total. The van der Waals surface area contributed by atoms with E-state index in [1.807, 2.05) is 16.9 Å². The lowest BCUT2D eigenvalue weighted by Crippen LogP contribution is -2.38. The van der Waals surface area contributed by atoms with Crippen LogP contribution in [0.5, 0.6) is 5.75 Å². The van der Waals surface area contributed by atoms with Gasteiger partial charge in [0.1, 0.15) is 12.4 Å². The molecule has 0 spiro atoms. The first-order valence-electron chi connectivity index (χ1n) is 9.70. The predicted molar refractivity (Wildman–Crippen MR) is 101 cm³/mol. The van der Waals surface area contributed by atoms with Gasteiger partial charge in [-0.1, -0.05) is 12.1 Å². The van der Waals surface area contributed by atoms with Crippen molar-refractivity contribution in [1.82, 2.24) is 19.6 Å². The standard InChI is InChI=1S/C20H28N4O3/c25-8-4-24-20-16-23(15-18(20)13-21-24)14-17-2-1-3-19(12-17)27-11-7-22-5-9-26-10-6-22/h1-3,12-13,25H,4-11,14-16H2. The van der Waals surface area contributed by atoms with E-state index in [0.29, 0.717) is 13.2 Å². The van der Waals surface area contributed by atoms with Gasteiger partial charge in [0.25, 0.3) is 0 Å². The zero-order valence-electron chi connectivity index (χ0n) is 15.7. The summed E-state index contributed by atoms with van der Waals surface area (Å²) in [5.41, 5.74) is 3.74. The van der Waals surface area contributed by atoms with Gasteiger partial charge in [0, 0.05) is 44.8 Å². The first kappa shape index (κ1) is 18.4. The minimum Gasteiger partial charge on any atom is -0.492 e. The molecule has 4 rings (SSSR count). The van der Waals surface area contributed by atoms with Crippen LogP contribution in [0.4, 0.5) is 0 Å². The monoisotopic (exact) mass is 372 g/mol. The maximum Gasteiger partial charge on any atom is 0.119 e. The molecule has 0 aliphatic carbocycles. The number of aromatic nitrogens is 2.